The molecule has 0 atom stereocenters. The Labute approximate surface area is 91.0 Å². The third kappa shape index (κ3) is 2.32. The average molecular weight is 211 g/mol. The van der Waals surface area contributed by atoms with E-state index >= 15 is 0 Å². The largest absolute Gasteiger partial charge is 0.342 e. The first-order valence-corrected chi connectivity index (χ1v) is 5.95. The summed E-state index contributed by atoms with van der Waals surface area (Å²) in [7, 11) is 0. The molecule has 1 aliphatic carbocycles. The predicted octanol–water partition coefficient (Wildman–Crippen LogP) is -0.0790. The van der Waals surface area contributed by atoms with E-state index in [4.69, 9.17) is 11.5 Å². The monoisotopic (exact) mass is 211 g/mol. The van der Waals surface area contributed by atoms with E-state index in [-0.39, 0.29) is 12.0 Å². The zero-order chi connectivity index (χ0) is 10.8. The van der Waals surface area contributed by atoms with Crippen LogP contribution < -0.4 is 11.5 Å². The molecule has 0 spiro atoms. The molecule has 0 radical (unpaired) electrons. The fourth-order valence-electron chi connectivity index (χ4n) is 2.51. The summed E-state index contributed by atoms with van der Waals surface area (Å²) in [4.78, 5) is 14.0. The molecule has 86 valence electrons. The van der Waals surface area contributed by atoms with Crippen LogP contribution in [0.1, 0.15) is 25.7 Å². The zero-order valence-electron chi connectivity index (χ0n) is 9.19. The van der Waals surface area contributed by atoms with Crippen LogP contribution in [0.4, 0.5) is 0 Å². The number of carbonyl (C=O) groups is 1. The minimum absolute atomic E-state index is 0.217. The highest BCUT2D eigenvalue weighted by Crippen LogP contribution is 2.29. The Hall–Kier alpha value is -0.610. The van der Waals surface area contributed by atoms with Crippen molar-refractivity contribution in [2.24, 2.45) is 23.3 Å². The van der Waals surface area contributed by atoms with Gasteiger partial charge in [0.25, 0.3) is 0 Å². The van der Waals surface area contributed by atoms with E-state index in [1.54, 1.807) is 0 Å². The van der Waals surface area contributed by atoms with Crippen LogP contribution >= 0.6 is 0 Å². The molecule has 4 N–H and O–H groups in total. The maximum absolute atomic E-state index is 12.0. The van der Waals surface area contributed by atoms with Crippen molar-refractivity contribution in [1.82, 2.24) is 4.90 Å². The summed E-state index contributed by atoms with van der Waals surface area (Å²) in [5.74, 6) is 1.17. The molecule has 4 nitrogen and oxygen atoms in total. The summed E-state index contributed by atoms with van der Waals surface area (Å²) < 4.78 is 0. The fourth-order valence-corrected chi connectivity index (χ4v) is 2.51. The highest BCUT2D eigenvalue weighted by atomic mass is 16.2. The summed E-state index contributed by atoms with van der Waals surface area (Å²) in [5.41, 5.74) is 11.3. The molecule has 0 aromatic carbocycles. The van der Waals surface area contributed by atoms with Crippen LogP contribution in [0.2, 0.25) is 0 Å². The van der Waals surface area contributed by atoms with Gasteiger partial charge in [0.15, 0.2) is 0 Å². The Morgan fingerprint density at radius 3 is 2.33 bits per heavy atom. The van der Waals surface area contributed by atoms with Crippen molar-refractivity contribution in [3.05, 3.63) is 0 Å². The maximum Gasteiger partial charge on any atom is 0.225 e. The Morgan fingerprint density at radius 1 is 1.27 bits per heavy atom. The second kappa shape index (κ2) is 4.49. The molecule has 1 aliphatic heterocycles. The van der Waals surface area contributed by atoms with Crippen molar-refractivity contribution in [2.45, 2.75) is 31.7 Å². The molecule has 1 saturated carbocycles. The van der Waals surface area contributed by atoms with Crippen LogP contribution in [0.3, 0.4) is 0 Å². The summed E-state index contributed by atoms with van der Waals surface area (Å²) in [5, 5.41) is 0. The SMILES string of the molecule is NCC1CCN(C(=O)[C@H]2C[C@@H](N)C2)CC1. The first-order valence-electron chi connectivity index (χ1n) is 5.95. The normalized spacial score (nSPS) is 32.5. The minimum atomic E-state index is 0.217. The average Bonchev–Trinajstić information content (AvgIpc) is 2.24. The van der Waals surface area contributed by atoms with Crippen molar-refractivity contribution in [3.63, 3.8) is 0 Å². The number of hydrogen-bond donors (Lipinski definition) is 2. The van der Waals surface area contributed by atoms with Gasteiger partial charge in [0, 0.05) is 25.0 Å². The molecule has 2 rings (SSSR count). The van der Waals surface area contributed by atoms with Crippen LogP contribution in [0.25, 0.3) is 0 Å². The lowest BCUT2D eigenvalue weighted by Gasteiger charge is -2.38. The minimum Gasteiger partial charge on any atom is -0.342 e. The van der Waals surface area contributed by atoms with Crippen molar-refractivity contribution >= 4 is 5.91 Å². The van der Waals surface area contributed by atoms with Gasteiger partial charge in [-0.15, -0.1) is 0 Å². The zero-order valence-corrected chi connectivity index (χ0v) is 9.19. The van der Waals surface area contributed by atoms with Crippen LogP contribution in [-0.4, -0.2) is 36.5 Å². The smallest absolute Gasteiger partial charge is 0.225 e. The summed E-state index contributed by atoms with van der Waals surface area (Å²) in [6.45, 7) is 2.55. The van der Waals surface area contributed by atoms with E-state index in [0.717, 1.165) is 45.3 Å². The van der Waals surface area contributed by atoms with Gasteiger partial charge in [-0.2, -0.15) is 0 Å². The van der Waals surface area contributed by atoms with Gasteiger partial charge < -0.3 is 16.4 Å². The lowest BCUT2D eigenvalue weighted by Crippen LogP contribution is -2.49. The first kappa shape index (κ1) is 10.9. The number of nitrogens with two attached hydrogens (primary N) is 2. The highest BCUT2D eigenvalue weighted by Gasteiger charge is 2.35. The van der Waals surface area contributed by atoms with E-state index in [2.05, 4.69) is 0 Å². The van der Waals surface area contributed by atoms with Crippen LogP contribution in [-0.2, 0) is 4.79 Å². The molecule has 1 amide bonds. The van der Waals surface area contributed by atoms with Crippen molar-refractivity contribution in [3.8, 4) is 0 Å². The van der Waals surface area contributed by atoms with E-state index in [0.29, 0.717) is 11.8 Å². The Morgan fingerprint density at radius 2 is 1.87 bits per heavy atom. The van der Waals surface area contributed by atoms with Gasteiger partial charge in [0.05, 0.1) is 0 Å². The number of carbonyl (C=O) groups excluding carboxylic acids is 1. The fraction of sp³-hybridized carbons (Fsp3) is 0.909. The molecule has 2 fully saturated rings. The van der Waals surface area contributed by atoms with Gasteiger partial charge in [-0.25, -0.2) is 0 Å². The summed E-state index contributed by atoms with van der Waals surface area (Å²) >= 11 is 0. The van der Waals surface area contributed by atoms with Gasteiger partial charge in [-0.05, 0) is 38.1 Å². The second-order valence-corrected chi connectivity index (χ2v) is 4.93. The van der Waals surface area contributed by atoms with Crippen LogP contribution in [0, 0.1) is 11.8 Å². The van der Waals surface area contributed by atoms with Gasteiger partial charge in [0.1, 0.15) is 0 Å². The van der Waals surface area contributed by atoms with Gasteiger partial charge in [-0.1, -0.05) is 0 Å². The molecule has 2 aliphatic rings. The van der Waals surface area contributed by atoms with Crippen molar-refractivity contribution in [2.75, 3.05) is 19.6 Å². The third-order valence-corrected chi connectivity index (χ3v) is 3.78. The standard InChI is InChI=1S/C11H21N3O/c12-7-8-1-3-14(4-2-8)11(15)9-5-10(13)6-9/h8-10H,1-7,12-13H2/t9-,10+. The van der Waals surface area contributed by atoms with Crippen molar-refractivity contribution < 1.29 is 4.79 Å². The van der Waals surface area contributed by atoms with E-state index in [9.17, 15) is 4.79 Å². The van der Waals surface area contributed by atoms with Crippen LogP contribution in [0.5, 0.6) is 0 Å². The molecule has 0 bridgehead atoms. The molecule has 0 unspecified atom stereocenters. The second-order valence-electron chi connectivity index (χ2n) is 4.93. The first-order chi connectivity index (χ1) is 7.20. The lowest BCUT2D eigenvalue weighted by atomic mass is 9.79. The molecule has 1 saturated heterocycles. The molecule has 0 aromatic rings. The van der Waals surface area contributed by atoms with Gasteiger partial charge in [0.2, 0.25) is 5.91 Å². The quantitative estimate of drug-likeness (QED) is 0.671. The van der Waals surface area contributed by atoms with Crippen molar-refractivity contribution in [1.29, 1.82) is 0 Å². The Kier molecular flexibility index (Phi) is 3.26. The molecule has 4 heteroatoms. The number of likely N-dealkylation sites (tertiary alicyclic amines) is 1. The number of nitrogens with zero attached hydrogens (tertiary/aromatic N) is 1. The maximum atomic E-state index is 12.0. The molecular formula is C11H21N3O. The van der Waals surface area contributed by atoms with E-state index < -0.39 is 0 Å². The van der Waals surface area contributed by atoms with Gasteiger partial charge >= 0.3 is 0 Å². The molecule has 15 heavy (non-hydrogen) atoms. The number of rotatable bonds is 2. The Bertz CT molecular complexity index is 230. The Balaban J connectivity index is 1.78. The highest BCUT2D eigenvalue weighted by molar-refractivity contribution is 5.80. The number of amides is 1. The topological polar surface area (TPSA) is 72.3 Å². The molecule has 0 aromatic heterocycles. The van der Waals surface area contributed by atoms with Gasteiger partial charge in [-0.3, -0.25) is 4.79 Å². The van der Waals surface area contributed by atoms with E-state index in [1.165, 1.54) is 0 Å². The summed E-state index contributed by atoms with van der Waals surface area (Å²) in [6.07, 6.45) is 3.91. The van der Waals surface area contributed by atoms with Crippen LogP contribution in [0.15, 0.2) is 0 Å². The number of piperidine rings is 1. The number of hydrogen-bond acceptors (Lipinski definition) is 3. The molecular weight excluding hydrogens is 190 g/mol. The summed E-state index contributed by atoms with van der Waals surface area (Å²) in [6, 6.07) is 0.264. The molecule has 1 heterocycles. The third-order valence-electron chi connectivity index (χ3n) is 3.78. The van der Waals surface area contributed by atoms with E-state index in [1.807, 2.05) is 4.90 Å². The predicted molar refractivity (Wildman–Crippen MR) is 59.1 cm³/mol. The lowest BCUT2D eigenvalue weighted by molar-refractivity contribution is -0.140.